The van der Waals surface area contributed by atoms with Crippen LogP contribution in [0.5, 0.6) is 0 Å². The Morgan fingerprint density at radius 1 is 1.10 bits per heavy atom. The normalized spacial score (nSPS) is 21.8. The SMILES string of the molecule is O=C(NC1CCC(Nc2nc(Cl)cc(-c3c[nH]c4ncccc34)n2)CC1)C1CC1. The first kappa shape index (κ1) is 18.4. The monoisotopic (exact) mass is 410 g/mol. The van der Waals surface area contributed by atoms with E-state index in [-0.39, 0.29) is 23.9 Å². The standard InChI is InChI=1S/C21H23ClN6O/c22-18-10-17(16-11-24-19-15(16)2-1-9-23-19)27-21(28-18)26-14-7-5-13(6-8-14)25-20(29)12-3-4-12/h1-2,9-14H,3-8H2,(H,23,24)(H,25,29)(H,26,27,28). The first-order valence-electron chi connectivity index (χ1n) is 10.2. The molecule has 2 saturated carbocycles. The number of fused-ring (bicyclic) bond motifs is 1. The van der Waals surface area contributed by atoms with Gasteiger partial charge in [0, 0.05) is 47.4 Å². The number of carbonyl (C=O) groups excluding carboxylic acids is 1. The Bertz CT molecular complexity index is 1040. The number of aromatic amines is 1. The fourth-order valence-electron chi connectivity index (χ4n) is 4.02. The molecule has 0 aromatic carbocycles. The van der Waals surface area contributed by atoms with Gasteiger partial charge in [-0.1, -0.05) is 11.6 Å². The Labute approximate surface area is 173 Å². The molecule has 0 aliphatic heterocycles. The number of nitrogens with one attached hydrogen (secondary N) is 3. The van der Waals surface area contributed by atoms with Gasteiger partial charge in [-0.25, -0.2) is 15.0 Å². The van der Waals surface area contributed by atoms with Crippen LogP contribution < -0.4 is 10.6 Å². The van der Waals surface area contributed by atoms with Crippen LogP contribution in [-0.2, 0) is 4.79 Å². The summed E-state index contributed by atoms with van der Waals surface area (Å²) >= 11 is 6.29. The van der Waals surface area contributed by atoms with Crippen LogP contribution in [0.1, 0.15) is 38.5 Å². The molecule has 0 saturated heterocycles. The summed E-state index contributed by atoms with van der Waals surface area (Å²) in [6.45, 7) is 0. The molecule has 3 N–H and O–H groups in total. The highest BCUT2D eigenvalue weighted by Gasteiger charge is 2.32. The number of amides is 1. The van der Waals surface area contributed by atoms with E-state index < -0.39 is 0 Å². The lowest BCUT2D eigenvalue weighted by atomic mass is 9.91. The molecule has 29 heavy (non-hydrogen) atoms. The minimum absolute atomic E-state index is 0.234. The lowest BCUT2D eigenvalue weighted by Gasteiger charge is -2.29. The second kappa shape index (κ2) is 7.63. The van der Waals surface area contributed by atoms with Crippen molar-refractivity contribution in [1.82, 2.24) is 25.3 Å². The molecule has 1 amide bonds. The zero-order chi connectivity index (χ0) is 19.8. The molecule has 0 radical (unpaired) electrons. The summed E-state index contributed by atoms with van der Waals surface area (Å²) < 4.78 is 0. The molecule has 3 aromatic rings. The van der Waals surface area contributed by atoms with Gasteiger partial charge in [0.15, 0.2) is 0 Å². The van der Waals surface area contributed by atoms with Crippen LogP contribution in [0.25, 0.3) is 22.3 Å². The Hall–Kier alpha value is -2.67. The molecule has 8 heteroatoms. The third kappa shape index (κ3) is 4.05. The third-order valence-electron chi connectivity index (χ3n) is 5.78. The van der Waals surface area contributed by atoms with Crippen molar-refractivity contribution in [1.29, 1.82) is 0 Å². The van der Waals surface area contributed by atoms with Crippen LogP contribution >= 0.6 is 11.6 Å². The number of pyridine rings is 1. The quantitative estimate of drug-likeness (QED) is 0.554. The molecule has 0 spiro atoms. The third-order valence-corrected chi connectivity index (χ3v) is 5.97. The lowest BCUT2D eigenvalue weighted by molar-refractivity contribution is -0.123. The number of hydrogen-bond acceptors (Lipinski definition) is 5. The predicted molar refractivity (Wildman–Crippen MR) is 113 cm³/mol. The number of H-pyrrole nitrogens is 1. The topological polar surface area (TPSA) is 95.6 Å². The van der Waals surface area contributed by atoms with Crippen molar-refractivity contribution in [2.24, 2.45) is 5.92 Å². The van der Waals surface area contributed by atoms with Crippen molar-refractivity contribution in [2.45, 2.75) is 50.6 Å². The Balaban J connectivity index is 1.27. The molecule has 0 bridgehead atoms. The van der Waals surface area contributed by atoms with Crippen LogP contribution in [0.15, 0.2) is 30.6 Å². The summed E-state index contributed by atoms with van der Waals surface area (Å²) in [6.07, 6.45) is 9.62. The maximum absolute atomic E-state index is 12.0. The maximum Gasteiger partial charge on any atom is 0.224 e. The van der Waals surface area contributed by atoms with Gasteiger partial charge in [-0.15, -0.1) is 0 Å². The van der Waals surface area contributed by atoms with Gasteiger partial charge in [0.2, 0.25) is 11.9 Å². The fourth-order valence-corrected chi connectivity index (χ4v) is 4.20. The number of anilines is 1. The van der Waals surface area contributed by atoms with Crippen LogP contribution in [0, 0.1) is 5.92 Å². The first-order valence-corrected chi connectivity index (χ1v) is 10.6. The van der Waals surface area contributed by atoms with Gasteiger partial charge in [0.05, 0.1) is 5.69 Å². The second-order valence-electron chi connectivity index (χ2n) is 7.98. The molecule has 2 fully saturated rings. The van der Waals surface area contributed by atoms with Crippen LogP contribution in [0.4, 0.5) is 5.95 Å². The average Bonchev–Trinajstić information content (AvgIpc) is 3.48. The van der Waals surface area contributed by atoms with Crippen molar-refractivity contribution in [3.05, 3.63) is 35.7 Å². The summed E-state index contributed by atoms with van der Waals surface area (Å²) in [5.41, 5.74) is 2.53. The predicted octanol–water partition coefficient (Wildman–Crippen LogP) is 3.92. The maximum atomic E-state index is 12.0. The highest BCUT2D eigenvalue weighted by Crippen LogP contribution is 2.31. The Kier molecular flexibility index (Phi) is 4.83. The van der Waals surface area contributed by atoms with E-state index in [4.69, 9.17) is 16.6 Å². The number of nitrogens with zero attached hydrogens (tertiary/aromatic N) is 3. The van der Waals surface area contributed by atoms with E-state index in [9.17, 15) is 4.79 Å². The van der Waals surface area contributed by atoms with E-state index in [0.717, 1.165) is 60.8 Å². The smallest absolute Gasteiger partial charge is 0.224 e. The van der Waals surface area contributed by atoms with E-state index in [0.29, 0.717) is 11.1 Å². The van der Waals surface area contributed by atoms with E-state index in [1.165, 1.54) is 0 Å². The Morgan fingerprint density at radius 3 is 2.69 bits per heavy atom. The van der Waals surface area contributed by atoms with Crippen LogP contribution in [0.2, 0.25) is 5.15 Å². The molecular formula is C21H23ClN6O. The summed E-state index contributed by atoms with van der Waals surface area (Å²) in [5, 5.41) is 8.03. The summed E-state index contributed by atoms with van der Waals surface area (Å²) in [6, 6.07) is 6.25. The van der Waals surface area contributed by atoms with Gasteiger partial charge in [-0.05, 0) is 50.7 Å². The number of aromatic nitrogens is 4. The van der Waals surface area contributed by atoms with Crippen molar-refractivity contribution in [3.8, 4) is 11.3 Å². The zero-order valence-electron chi connectivity index (χ0n) is 16.0. The Morgan fingerprint density at radius 2 is 1.90 bits per heavy atom. The largest absolute Gasteiger partial charge is 0.353 e. The lowest BCUT2D eigenvalue weighted by Crippen LogP contribution is -2.40. The highest BCUT2D eigenvalue weighted by molar-refractivity contribution is 6.29. The van der Waals surface area contributed by atoms with Gasteiger partial charge in [-0.3, -0.25) is 4.79 Å². The van der Waals surface area contributed by atoms with E-state index in [2.05, 4.69) is 25.6 Å². The van der Waals surface area contributed by atoms with Gasteiger partial charge < -0.3 is 15.6 Å². The summed E-state index contributed by atoms with van der Waals surface area (Å²) in [4.78, 5) is 28.5. The minimum Gasteiger partial charge on any atom is -0.353 e. The molecule has 0 unspecified atom stereocenters. The second-order valence-corrected chi connectivity index (χ2v) is 8.36. The van der Waals surface area contributed by atoms with Crippen LogP contribution in [-0.4, -0.2) is 37.9 Å². The molecular weight excluding hydrogens is 388 g/mol. The number of rotatable bonds is 5. The van der Waals surface area contributed by atoms with Crippen molar-refractivity contribution >= 4 is 34.5 Å². The number of halogens is 1. The van der Waals surface area contributed by atoms with Crippen molar-refractivity contribution in [3.63, 3.8) is 0 Å². The number of carbonyl (C=O) groups is 1. The van der Waals surface area contributed by atoms with E-state index in [1.54, 1.807) is 12.3 Å². The van der Waals surface area contributed by atoms with Crippen LogP contribution in [0.3, 0.4) is 0 Å². The van der Waals surface area contributed by atoms with E-state index in [1.807, 2.05) is 18.3 Å². The molecule has 3 heterocycles. The van der Waals surface area contributed by atoms with Gasteiger partial charge >= 0.3 is 0 Å². The van der Waals surface area contributed by atoms with Crippen molar-refractivity contribution < 1.29 is 4.79 Å². The molecule has 7 nitrogen and oxygen atoms in total. The average molecular weight is 411 g/mol. The van der Waals surface area contributed by atoms with Crippen molar-refractivity contribution in [2.75, 3.05) is 5.32 Å². The molecule has 3 aromatic heterocycles. The fraction of sp³-hybridized carbons (Fsp3) is 0.429. The first-order chi connectivity index (χ1) is 14.2. The number of hydrogen-bond donors (Lipinski definition) is 3. The van der Waals surface area contributed by atoms with Gasteiger partial charge in [0.1, 0.15) is 10.8 Å². The van der Waals surface area contributed by atoms with E-state index >= 15 is 0 Å². The van der Waals surface area contributed by atoms with Gasteiger partial charge in [0.25, 0.3) is 0 Å². The molecule has 5 rings (SSSR count). The minimum atomic E-state index is 0.234. The van der Waals surface area contributed by atoms with Gasteiger partial charge in [-0.2, -0.15) is 0 Å². The summed E-state index contributed by atoms with van der Waals surface area (Å²) in [7, 11) is 0. The molecule has 150 valence electrons. The highest BCUT2D eigenvalue weighted by atomic mass is 35.5. The molecule has 2 aliphatic carbocycles. The zero-order valence-corrected chi connectivity index (χ0v) is 16.7. The molecule has 2 aliphatic rings. The molecule has 0 atom stereocenters. The summed E-state index contributed by atoms with van der Waals surface area (Å²) in [5.74, 6) is 1.04.